The van der Waals surface area contributed by atoms with Crippen molar-refractivity contribution < 1.29 is 9.59 Å². The Morgan fingerprint density at radius 3 is 2.55 bits per heavy atom. The fourth-order valence-electron chi connectivity index (χ4n) is 1.86. The minimum atomic E-state index is -0.556. The molecule has 0 radical (unpaired) electrons. The number of aromatic nitrogens is 1. The molecule has 0 bridgehead atoms. The van der Waals surface area contributed by atoms with Crippen LogP contribution in [0.1, 0.15) is 20.8 Å². The molecule has 1 aromatic heterocycles. The number of anilines is 1. The van der Waals surface area contributed by atoms with Gasteiger partial charge in [0.15, 0.2) is 5.13 Å². The zero-order chi connectivity index (χ0) is 14.7. The smallest absolute Gasteiger partial charge is 0.248 e. The van der Waals surface area contributed by atoms with Crippen molar-refractivity contribution in [3.63, 3.8) is 0 Å². The summed E-state index contributed by atoms with van der Waals surface area (Å²) in [5.74, 6) is -0.453. The van der Waals surface area contributed by atoms with E-state index < -0.39 is 6.04 Å². The minimum Gasteiger partial charge on any atom is -0.344 e. The Bertz CT molecular complexity index is 603. The highest BCUT2D eigenvalue weighted by Gasteiger charge is 2.23. The molecule has 5 nitrogen and oxygen atoms in total. The lowest BCUT2D eigenvalue weighted by atomic mass is 10.0. The van der Waals surface area contributed by atoms with Crippen LogP contribution in [0, 0.1) is 5.92 Å². The Balaban J connectivity index is 2.14. The van der Waals surface area contributed by atoms with Crippen LogP contribution in [0.3, 0.4) is 0 Å². The molecule has 0 aliphatic carbocycles. The largest absolute Gasteiger partial charge is 0.344 e. The summed E-state index contributed by atoms with van der Waals surface area (Å²) in [4.78, 5) is 27.7. The highest BCUT2D eigenvalue weighted by Crippen LogP contribution is 2.25. The fourth-order valence-corrected chi connectivity index (χ4v) is 2.73. The van der Waals surface area contributed by atoms with E-state index in [1.165, 1.54) is 18.3 Å². The monoisotopic (exact) mass is 291 g/mol. The molecule has 2 aromatic rings. The summed E-state index contributed by atoms with van der Waals surface area (Å²) < 4.78 is 1.02. The van der Waals surface area contributed by atoms with E-state index in [9.17, 15) is 9.59 Å². The van der Waals surface area contributed by atoms with E-state index in [-0.39, 0.29) is 17.7 Å². The van der Waals surface area contributed by atoms with Gasteiger partial charge in [0.2, 0.25) is 11.8 Å². The van der Waals surface area contributed by atoms with Gasteiger partial charge in [-0.3, -0.25) is 9.59 Å². The molecule has 1 heterocycles. The van der Waals surface area contributed by atoms with Gasteiger partial charge in [-0.25, -0.2) is 4.98 Å². The number of fused-ring (bicyclic) bond motifs is 1. The van der Waals surface area contributed by atoms with Gasteiger partial charge in [0.1, 0.15) is 6.04 Å². The van der Waals surface area contributed by atoms with Gasteiger partial charge in [-0.1, -0.05) is 37.3 Å². The molecule has 0 fully saturated rings. The molecule has 1 aromatic carbocycles. The van der Waals surface area contributed by atoms with E-state index in [0.29, 0.717) is 5.13 Å². The molecule has 0 saturated heterocycles. The van der Waals surface area contributed by atoms with Crippen molar-refractivity contribution in [1.29, 1.82) is 0 Å². The molecular weight excluding hydrogens is 274 g/mol. The van der Waals surface area contributed by atoms with Crippen LogP contribution in [-0.4, -0.2) is 22.8 Å². The number of thiazole rings is 1. The third-order valence-electron chi connectivity index (χ3n) is 2.83. The summed E-state index contributed by atoms with van der Waals surface area (Å²) in [5, 5.41) is 5.98. The highest BCUT2D eigenvalue weighted by molar-refractivity contribution is 7.22. The van der Waals surface area contributed by atoms with Crippen LogP contribution < -0.4 is 10.6 Å². The number of nitrogens with zero attached hydrogens (tertiary/aromatic N) is 1. The lowest BCUT2D eigenvalue weighted by molar-refractivity contribution is -0.126. The van der Waals surface area contributed by atoms with Gasteiger partial charge in [0, 0.05) is 6.92 Å². The van der Waals surface area contributed by atoms with Crippen LogP contribution >= 0.6 is 11.3 Å². The molecule has 2 N–H and O–H groups in total. The first-order chi connectivity index (χ1) is 9.47. The molecule has 106 valence electrons. The third kappa shape index (κ3) is 3.33. The first-order valence-electron chi connectivity index (χ1n) is 6.41. The second kappa shape index (κ2) is 6.00. The number of para-hydroxylation sites is 1. The lowest BCUT2D eigenvalue weighted by Gasteiger charge is -2.19. The van der Waals surface area contributed by atoms with Gasteiger partial charge in [0.25, 0.3) is 0 Å². The molecule has 2 amide bonds. The number of rotatable bonds is 4. The summed E-state index contributed by atoms with van der Waals surface area (Å²) in [7, 11) is 0. The van der Waals surface area contributed by atoms with Crippen molar-refractivity contribution in [2.24, 2.45) is 5.92 Å². The number of carbonyl (C=O) groups is 2. The van der Waals surface area contributed by atoms with Crippen molar-refractivity contribution in [3.8, 4) is 0 Å². The first-order valence-corrected chi connectivity index (χ1v) is 7.22. The zero-order valence-corrected chi connectivity index (χ0v) is 12.5. The van der Waals surface area contributed by atoms with E-state index in [1.807, 2.05) is 38.1 Å². The van der Waals surface area contributed by atoms with Gasteiger partial charge >= 0.3 is 0 Å². The molecule has 1 unspecified atom stereocenters. The van der Waals surface area contributed by atoms with Crippen molar-refractivity contribution in [2.75, 3.05) is 5.32 Å². The molecule has 1 atom stereocenters. The van der Waals surface area contributed by atoms with Crippen LogP contribution in [0.5, 0.6) is 0 Å². The number of benzene rings is 1. The van der Waals surface area contributed by atoms with Crippen LogP contribution in [0.2, 0.25) is 0 Å². The quantitative estimate of drug-likeness (QED) is 0.908. The Hall–Kier alpha value is -1.95. The number of carbonyl (C=O) groups excluding carboxylic acids is 2. The Morgan fingerprint density at radius 2 is 1.95 bits per heavy atom. The van der Waals surface area contributed by atoms with E-state index >= 15 is 0 Å². The normalized spacial score (nSPS) is 12.4. The Kier molecular flexibility index (Phi) is 4.34. The topological polar surface area (TPSA) is 71.1 Å². The van der Waals surface area contributed by atoms with Gasteiger partial charge in [-0.2, -0.15) is 0 Å². The van der Waals surface area contributed by atoms with Gasteiger partial charge in [-0.15, -0.1) is 0 Å². The predicted molar refractivity (Wildman–Crippen MR) is 80.7 cm³/mol. The van der Waals surface area contributed by atoms with Gasteiger partial charge < -0.3 is 10.6 Å². The van der Waals surface area contributed by atoms with Crippen LogP contribution in [0.15, 0.2) is 24.3 Å². The SMILES string of the molecule is CC(=O)NC(C(=O)Nc1nc2ccccc2s1)C(C)C. The molecule has 2 rings (SSSR count). The summed E-state index contributed by atoms with van der Waals surface area (Å²) in [6, 6.07) is 7.13. The van der Waals surface area contributed by atoms with Crippen molar-refractivity contribution in [3.05, 3.63) is 24.3 Å². The average Bonchev–Trinajstić information content (AvgIpc) is 2.77. The second-order valence-corrected chi connectivity index (χ2v) is 5.93. The number of hydrogen-bond donors (Lipinski definition) is 2. The molecule has 0 spiro atoms. The van der Waals surface area contributed by atoms with E-state index in [2.05, 4.69) is 15.6 Å². The Labute approximate surface area is 121 Å². The Morgan fingerprint density at radius 1 is 1.25 bits per heavy atom. The number of nitrogens with one attached hydrogen (secondary N) is 2. The van der Waals surface area contributed by atoms with E-state index in [0.717, 1.165) is 10.2 Å². The van der Waals surface area contributed by atoms with Crippen LogP contribution in [0.25, 0.3) is 10.2 Å². The third-order valence-corrected chi connectivity index (χ3v) is 3.78. The number of hydrogen-bond acceptors (Lipinski definition) is 4. The maximum absolute atomic E-state index is 12.2. The summed E-state index contributed by atoms with van der Waals surface area (Å²) in [5.41, 5.74) is 0.855. The van der Waals surface area contributed by atoms with E-state index in [1.54, 1.807) is 0 Å². The van der Waals surface area contributed by atoms with Gasteiger partial charge in [-0.05, 0) is 18.1 Å². The van der Waals surface area contributed by atoms with Crippen LogP contribution in [-0.2, 0) is 9.59 Å². The second-order valence-electron chi connectivity index (χ2n) is 4.90. The van der Waals surface area contributed by atoms with Crippen molar-refractivity contribution in [2.45, 2.75) is 26.8 Å². The summed E-state index contributed by atoms with van der Waals surface area (Å²) in [6.45, 7) is 5.18. The van der Waals surface area contributed by atoms with E-state index in [4.69, 9.17) is 0 Å². The fraction of sp³-hybridized carbons (Fsp3) is 0.357. The minimum absolute atomic E-state index is 0.00767. The maximum Gasteiger partial charge on any atom is 0.248 e. The van der Waals surface area contributed by atoms with Gasteiger partial charge in [0.05, 0.1) is 10.2 Å². The zero-order valence-electron chi connectivity index (χ0n) is 11.6. The van der Waals surface area contributed by atoms with Crippen molar-refractivity contribution >= 4 is 38.5 Å². The molecule has 6 heteroatoms. The summed E-state index contributed by atoms with van der Waals surface area (Å²) >= 11 is 1.42. The standard InChI is InChI=1S/C14H17N3O2S/c1-8(2)12(15-9(3)18)13(19)17-14-16-10-6-4-5-7-11(10)20-14/h4-8,12H,1-3H3,(H,15,18)(H,16,17,19). The molecule has 0 saturated carbocycles. The highest BCUT2D eigenvalue weighted by atomic mass is 32.1. The molecular formula is C14H17N3O2S. The molecule has 0 aliphatic rings. The molecule has 20 heavy (non-hydrogen) atoms. The first kappa shape index (κ1) is 14.5. The average molecular weight is 291 g/mol. The maximum atomic E-state index is 12.2. The summed E-state index contributed by atoms with van der Waals surface area (Å²) in [6.07, 6.45) is 0. The molecule has 0 aliphatic heterocycles. The van der Waals surface area contributed by atoms with Crippen LogP contribution in [0.4, 0.5) is 5.13 Å². The predicted octanol–water partition coefficient (Wildman–Crippen LogP) is 2.40. The number of amides is 2. The van der Waals surface area contributed by atoms with Crippen molar-refractivity contribution in [1.82, 2.24) is 10.3 Å². The lowest BCUT2D eigenvalue weighted by Crippen LogP contribution is -2.46.